The summed E-state index contributed by atoms with van der Waals surface area (Å²) >= 11 is 0. The van der Waals surface area contributed by atoms with E-state index in [9.17, 15) is 14.9 Å². The molecule has 20 heavy (non-hydrogen) atoms. The summed E-state index contributed by atoms with van der Waals surface area (Å²) in [7, 11) is 0. The lowest BCUT2D eigenvalue weighted by molar-refractivity contribution is -0.384. The Hall–Kier alpha value is -2.18. The smallest absolute Gasteiger partial charge is 0.311 e. The second-order valence-corrected chi connectivity index (χ2v) is 5.80. The molecule has 1 unspecified atom stereocenters. The normalized spacial score (nSPS) is 12.8. The van der Waals surface area contributed by atoms with Crippen LogP contribution in [-0.4, -0.2) is 27.0 Å². The molecular formula is C13H19N3O4. The maximum absolute atomic E-state index is 11.0. The Kier molecular flexibility index (Phi) is 4.65. The van der Waals surface area contributed by atoms with Crippen molar-refractivity contribution in [1.82, 2.24) is 4.98 Å². The van der Waals surface area contributed by atoms with Crippen molar-refractivity contribution in [2.75, 3.05) is 5.32 Å². The number of hydrogen-bond donors (Lipinski definition) is 2. The Labute approximate surface area is 117 Å². The van der Waals surface area contributed by atoms with Gasteiger partial charge in [-0.1, -0.05) is 20.8 Å². The van der Waals surface area contributed by atoms with Crippen LogP contribution < -0.4 is 5.32 Å². The number of pyridine rings is 1. The molecule has 7 heteroatoms. The molecule has 0 saturated heterocycles. The van der Waals surface area contributed by atoms with Gasteiger partial charge >= 0.3 is 11.7 Å². The molecule has 0 aliphatic rings. The quantitative estimate of drug-likeness (QED) is 0.634. The van der Waals surface area contributed by atoms with E-state index in [1.807, 2.05) is 20.8 Å². The summed E-state index contributed by atoms with van der Waals surface area (Å²) < 4.78 is 0. The van der Waals surface area contributed by atoms with E-state index < -0.39 is 16.9 Å². The number of rotatable bonds is 5. The Balaban J connectivity index is 3.11. The van der Waals surface area contributed by atoms with Gasteiger partial charge in [-0.2, -0.15) is 0 Å². The molecule has 0 bridgehead atoms. The number of hydrogen-bond acceptors (Lipinski definition) is 5. The fraction of sp³-hybridized carbons (Fsp3) is 0.538. The standard InChI is InChI=1S/C13H19N3O4/c1-8-5-9(16(19)20)12(14-7-8)15-10(6-11(17)18)13(2,3)4/h5,7,10H,6H2,1-4H3,(H,14,15)(H,17,18). The number of carbonyl (C=O) groups is 1. The third-order valence-electron chi connectivity index (χ3n) is 2.94. The molecule has 0 fully saturated rings. The average Bonchev–Trinajstić information content (AvgIpc) is 2.28. The second kappa shape index (κ2) is 5.85. The molecule has 0 saturated carbocycles. The van der Waals surface area contributed by atoms with Gasteiger partial charge in [-0.15, -0.1) is 0 Å². The van der Waals surface area contributed by atoms with Crippen molar-refractivity contribution >= 4 is 17.5 Å². The molecule has 0 spiro atoms. The summed E-state index contributed by atoms with van der Waals surface area (Å²) in [5.74, 6) is -0.867. The van der Waals surface area contributed by atoms with Gasteiger partial charge in [0.2, 0.25) is 5.82 Å². The second-order valence-electron chi connectivity index (χ2n) is 5.80. The highest BCUT2D eigenvalue weighted by atomic mass is 16.6. The minimum absolute atomic E-state index is 0.0989. The predicted octanol–water partition coefficient (Wildman–Crippen LogP) is 2.60. The molecule has 0 aromatic carbocycles. The molecule has 1 aromatic heterocycles. The van der Waals surface area contributed by atoms with Crippen LogP contribution in [0.4, 0.5) is 11.5 Å². The fourth-order valence-electron chi connectivity index (χ4n) is 1.72. The number of nitro groups is 1. The van der Waals surface area contributed by atoms with Crippen LogP contribution in [0.3, 0.4) is 0 Å². The third kappa shape index (κ3) is 4.18. The minimum atomic E-state index is -0.966. The highest BCUT2D eigenvalue weighted by Crippen LogP contribution is 2.29. The molecular weight excluding hydrogens is 262 g/mol. The number of aromatic nitrogens is 1. The van der Waals surface area contributed by atoms with E-state index in [2.05, 4.69) is 10.3 Å². The molecule has 1 atom stereocenters. The van der Waals surface area contributed by atoms with Crippen molar-refractivity contribution in [2.24, 2.45) is 5.41 Å². The Morgan fingerprint density at radius 2 is 2.15 bits per heavy atom. The van der Waals surface area contributed by atoms with Crippen LogP contribution >= 0.6 is 0 Å². The van der Waals surface area contributed by atoms with Crippen LogP contribution in [0.1, 0.15) is 32.8 Å². The van der Waals surface area contributed by atoms with Crippen LogP contribution in [0.25, 0.3) is 0 Å². The van der Waals surface area contributed by atoms with Crippen LogP contribution in [0.2, 0.25) is 0 Å². The van der Waals surface area contributed by atoms with Crippen molar-refractivity contribution in [2.45, 2.75) is 40.2 Å². The first-order valence-corrected chi connectivity index (χ1v) is 6.20. The van der Waals surface area contributed by atoms with Crippen molar-refractivity contribution in [3.8, 4) is 0 Å². The minimum Gasteiger partial charge on any atom is -0.481 e. The molecule has 1 heterocycles. The molecule has 1 rings (SSSR count). The van der Waals surface area contributed by atoms with Gasteiger partial charge in [0.05, 0.1) is 11.3 Å². The largest absolute Gasteiger partial charge is 0.481 e. The van der Waals surface area contributed by atoms with Crippen molar-refractivity contribution < 1.29 is 14.8 Å². The van der Waals surface area contributed by atoms with Gasteiger partial charge in [-0.25, -0.2) is 4.98 Å². The topological polar surface area (TPSA) is 105 Å². The van der Waals surface area contributed by atoms with Crippen molar-refractivity contribution in [3.63, 3.8) is 0 Å². The zero-order valence-electron chi connectivity index (χ0n) is 12.0. The highest BCUT2D eigenvalue weighted by molar-refractivity contribution is 5.69. The third-order valence-corrected chi connectivity index (χ3v) is 2.94. The first-order chi connectivity index (χ1) is 9.11. The molecule has 0 radical (unpaired) electrons. The number of anilines is 1. The first kappa shape index (κ1) is 15.9. The summed E-state index contributed by atoms with van der Waals surface area (Å²) in [6.45, 7) is 7.32. The molecule has 0 aliphatic heterocycles. The SMILES string of the molecule is Cc1cnc(NC(CC(=O)O)C(C)(C)C)c([N+](=O)[O-])c1. The number of nitrogens with one attached hydrogen (secondary N) is 1. The van der Waals surface area contributed by atoms with Crippen molar-refractivity contribution in [3.05, 3.63) is 27.9 Å². The van der Waals surface area contributed by atoms with Gasteiger partial charge in [-0.05, 0) is 17.9 Å². The number of aliphatic carboxylic acids is 1. The zero-order valence-corrected chi connectivity index (χ0v) is 12.0. The van der Waals surface area contributed by atoms with E-state index >= 15 is 0 Å². The maximum atomic E-state index is 11.0. The Bertz CT molecular complexity index is 523. The van der Waals surface area contributed by atoms with E-state index in [1.54, 1.807) is 6.92 Å². The number of carboxylic acid groups (broad SMARTS) is 1. The summed E-state index contributed by atoms with van der Waals surface area (Å²) in [4.78, 5) is 25.5. The van der Waals surface area contributed by atoms with Gasteiger partial charge < -0.3 is 10.4 Å². The zero-order chi connectivity index (χ0) is 15.5. The Morgan fingerprint density at radius 3 is 2.60 bits per heavy atom. The number of carboxylic acids is 1. The Morgan fingerprint density at radius 1 is 1.55 bits per heavy atom. The highest BCUT2D eigenvalue weighted by Gasteiger charge is 2.29. The van der Waals surface area contributed by atoms with E-state index in [-0.39, 0.29) is 23.3 Å². The van der Waals surface area contributed by atoms with Gasteiger partial charge in [-0.3, -0.25) is 14.9 Å². The molecule has 1 aromatic rings. The van der Waals surface area contributed by atoms with Gasteiger partial charge in [0.25, 0.3) is 0 Å². The summed E-state index contributed by atoms with van der Waals surface area (Å²) in [6, 6.07) is 0.949. The molecule has 2 N–H and O–H groups in total. The first-order valence-electron chi connectivity index (χ1n) is 6.20. The van der Waals surface area contributed by atoms with Crippen LogP contribution in [0.15, 0.2) is 12.3 Å². The molecule has 110 valence electrons. The van der Waals surface area contributed by atoms with Crippen LogP contribution in [0, 0.1) is 22.5 Å². The summed E-state index contributed by atoms with van der Waals surface area (Å²) in [6.07, 6.45) is 1.37. The fourth-order valence-corrected chi connectivity index (χ4v) is 1.72. The van der Waals surface area contributed by atoms with E-state index in [0.717, 1.165) is 0 Å². The lowest BCUT2D eigenvalue weighted by Crippen LogP contribution is -2.36. The van der Waals surface area contributed by atoms with E-state index in [1.165, 1.54) is 12.3 Å². The lowest BCUT2D eigenvalue weighted by Gasteiger charge is -2.30. The van der Waals surface area contributed by atoms with Crippen LogP contribution in [-0.2, 0) is 4.79 Å². The van der Waals surface area contributed by atoms with Gasteiger partial charge in [0.15, 0.2) is 0 Å². The summed E-state index contributed by atoms with van der Waals surface area (Å²) in [5, 5.41) is 22.9. The van der Waals surface area contributed by atoms with Gasteiger partial charge in [0.1, 0.15) is 0 Å². The van der Waals surface area contributed by atoms with E-state index in [4.69, 9.17) is 5.11 Å². The average molecular weight is 281 g/mol. The molecule has 0 amide bonds. The van der Waals surface area contributed by atoms with E-state index in [0.29, 0.717) is 5.56 Å². The van der Waals surface area contributed by atoms with Crippen LogP contribution in [0.5, 0.6) is 0 Å². The molecule has 7 nitrogen and oxygen atoms in total. The van der Waals surface area contributed by atoms with Crippen molar-refractivity contribution in [1.29, 1.82) is 0 Å². The predicted molar refractivity (Wildman–Crippen MR) is 74.7 cm³/mol. The lowest BCUT2D eigenvalue weighted by atomic mass is 9.84. The van der Waals surface area contributed by atoms with Gasteiger partial charge in [0, 0.05) is 18.3 Å². The maximum Gasteiger partial charge on any atom is 0.311 e. The number of aryl methyl sites for hydroxylation is 1. The number of nitrogens with zero attached hydrogens (tertiary/aromatic N) is 2. The monoisotopic (exact) mass is 281 g/mol. The molecule has 0 aliphatic carbocycles. The summed E-state index contributed by atoms with van der Waals surface area (Å²) in [5.41, 5.74) is 0.149.